The van der Waals surface area contributed by atoms with Crippen molar-refractivity contribution >= 4 is 16.7 Å². The Balaban J connectivity index is 1.81. The molecule has 35 heavy (non-hydrogen) atoms. The first-order valence-electron chi connectivity index (χ1n) is 11.1. The fourth-order valence-corrected chi connectivity index (χ4v) is 4.29. The quantitative estimate of drug-likeness (QED) is 0.305. The third-order valence-electron chi connectivity index (χ3n) is 6.16. The van der Waals surface area contributed by atoms with E-state index in [1.807, 2.05) is 54.9 Å². The molecule has 0 aliphatic rings. The molecule has 0 saturated heterocycles. The second-order valence-corrected chi connectivity index (χ2v) is 8.03. The zero-order valence-corrected chi connectivity index (χ0v) is 20.8. The number of carbonyl (C=O) groups excluding carboxylic acids is 1. The van der Waals surface area contributed by atoms with Crippen LogP contribution in [0.1, 0.15) is 27.2 Å². The molecule has 0 atom stereocenters. The van der Waals surface area contributed by atoms with Crippen molar-refractivity contribution in [3.05, 3.63) is 77.0 Å². The van der Waals surface area contributed by atoms with Gasteiger partial charge < -0.3 is 28.3 Å². The van der Waals surface area contributed by atoms with Crippen molar-refractivity contribution in [1.29, 1.82) is 0 Å². The molecule has 1 heterocycles. The molecule has 4 aromatic rings. The van der Waals surface area contributed by atoms with Gasteiger partial charge in [0.25, 0.3) is 0 Å². The largest absolute Gasteiger partial charge is 0.493 e. The SMILES string of the molecule is COc1ccc(C(=O)c2c(C)n(C)c3c(OC)c(OC)c(OC)cc23)cc1OCc1ccccc1. The number of nitrogens with zero attached hydrogens (tertiary/aromatic N) is 1. The Bertz CT molecular complexity index is 1370. The molecule has 0 N–H and O–H groups in total. The fourth-order valence-electron chi connectivity index (χ4n) is 4.29. The number of ether oxygens (including phenoxy) is 5. The Labute approximate surface area is 204 Å². The van der Waals surface area contributed by atoms with Crippen LogP contribution in [0.25, 0.3) is 10.9 Å². The Kier molecular flexibility index (Phi) is 6.87. The van der Waals surface area contributed by atoms with E-state index in [0.29, 0.717) is 51.9 Å². The molecular weight excluding hydrogens is 446 g/mol. The average molecular weight is 476 g/mol. The molecule has 0 saturated carbocycles. The van der Waals surface area contributed by atoms with Crippen molar-refractivity contribution in [1.82, 2.24) is 4.57 Å². The van der Waals surface area contributed by atoms with Crippen molar-refractivity contribution in [2.45, 2.75) is 13.5 Å². The van der Waals surface area contributed by atoms with Crippen LogP contribution in [0.2, 0.25) is 0 Å². The van der Waals surface area contributed by atoms with Crippen LogP contribution in [0.5, 0.6) is 28.7 Å². The number of rotatable bonds is 9. The molecule has 0 fully saturated rings. The van der Waals surface area contributed by atoms with Gasteiger partial charge in [-0.1, -0.05) is 30.3 Å². The maximum Gasteiger partial charge on any atom is 0.205 e. The standard InChI is InChI=1S/C28H29NO6/c1-17-24(20-15-23(32-4)27(33-5)28(34-6)25(20)29(17)2)26(30)19-12-13-21(31-3)22(14-19)35-16-18-10-8-7-9-11-18/h7-15H,16H2,1-6H3. The summed E-state index contributed by atoms with van der Waals surface area (Å²) in [5.41, 5.74) is 3.60. The molecule has 0 aliphatic heterocycles. The van der Waals surface area contributed by atoms with Gasteiger partial charge in [0, 0.05) is 23.7 Å². The van der Waals surface area contributed by atoms with Gasteiger partial charge in [0.05, 0.1) is 39.5 Å². The van der Waals surface area contributed by atoms with Crippen LogP contribution in [-0.2, 0) is 13.7 Å². The molecule has 1 aromatic heterocycles. The molecule has 4 rings (SSSR count). The minimum Gasteiger partial charge on any atom is -0.493 e. The lowest BCUT2D eigenvalue weighted by atomic mass is 9.99. The molecule has 0 amide bonds. The number of benzene rings is 3. The summed E-state index contributed by atoms with van der Waals surface area (Å²) in [5, 5.41) is 0.715. The normalized spacial score (nSPS) is 10.8. The molecule has 3 aromatic carbocycles. The van der Waals surface area contributed by atoms with Crippen LogP contribution in [0.4, 0.5) is 0 Å². The van der Waals surface area contributed by atoms with Crippen molar-refractivity contribution < 1.29 is 28.5 Å². The van der Waals surface area contributed by atoms with Gasteiger partial charge in [-0.2, -0.15) is 0 Å². The number of fused-ring (bicyclic) bond motifs is 1. The Morgan fingerprint density at radius 2 is 1.49 bits per heavy atom. The number of hydrogen-bond acceptors (Lipinski definition) is 6. The summed E-state index contributed by atoms with van der Waals surface area (Å²) in [6, 6.07) is 16.9. The highest BCUT2D eigenvalue weighted by molar-refractivity contribution is 6.19. The number of aromatic nitrogens is 1. The summed E-state index contributed by atoms with van der Waals surface area (Å²) >= 11 is 0. The van der Waals surface area contributed by atoms with E-state index in [0.717, 1.165) is 16.8 Å². The van der Waals surface area contributed by atoms with Crippen LogP contribution in [-0.4, -0.2) is 38.8 Å². The van der Waals surface area contributed by atoms with E-state index in [-0.39, 0.29) is 5.78 Å². The number of hydrogen-bond donors (Lipinski definition) is 0. The zero-order valence-electron chi connectivity index (χ0n) is 20.8. The van der Waals surface area contributed by atoms with Crippen molar-refractivity contribution in [3.63, 3.8) is 0 Å². The predicted molar refractivity (Wildman–Crippen MR) is 135 cm³/mol. The van der Waals surface area contributed by atoms with Gasteiger partial charge in [-0.15, -0.1) is 0 Å². The highest BCUT2D eigenvalue weighted by atomic mass is 16.5. The van der Waals surface area contributed by atoms with Gasteiger partial charge in [0.1, 0.15) is 6.61 Å². The smallest absolute Gasteiger partial charge is 0.205 e. The molecule has 182 valence electrons. The van der Waals surface area contributed by atoms with E-state index in [1.54, 1.807) is 46.6 Å². The van der Waals surface area contributed by atoms with Crippen LogP contribution < -0.4 is 23.7 Å². The molecule has 7 heteroatoms. The third-order valence-corrected chi connectivity index (χ3v) is 6.16. The van der Waals surface area contributed by atoms with Gasteiger partial charge in [0.15, 0.2) is 28.8 Å². The van der Waals surface area contributed by atoms with Crippen LogP contribution in [0, 0.1) is 6.92 Å². The summed E-state index contributed by atoms with van der Waals surface area (Å²) in [4.78, 5) is 13.9. The number of ketones is 1. The van der Waals surface area contributed by atoms with Crippen LogP contribution in [0.3, 0.4) is 0 Å². The third kappa shape index (κ3) is 4.25. The topological polar surface area (TPSA) is 68.2 Å². The molecule has 0 bridgehead atoms. The zero-order chi connectivity index (χ0) is 25.1. The summed E-state index contributed by atoms with van der Waals surface area (Å²) in [6.45, 7) is 2.26. The van der Waals surface area contributed by atoms with E-state index in [1.165, 1.54) is 0 Å². The molecule has 7 nitrogen and oxygen atoms in total. The number of aryl methyl sites for hydroxylation is 1. The van der Waals surface area contributed by atoms with Gasteiger partial charge in [-0.25, -0.2) is 0 Å². The average Bonchev–Trinajstić information content (AvgIpc) is 3.15. The Morgan fingerprint density at radius 3 is 2.11 bits per heavy atom. The minimum atomic E-state index is -0.144. The van der Waals surface area contributed by atoms with Crippen molar-refractivity contribution in [2.24, 2.45) is 7.05 Å². The van der Waals surface area contributed by atoms with Crippen molar-refractivity contribution in [3.8, 4) is 28.7 Å². The fraction of sp³-hybridized carbons (Fsp3) is 0.250. The summed E-state index contributed by atoms with van der Waals surface area (Å²) in [7, 11) is 8.15. The summed E-state index contributed by atoms with van der Waals surface area (Å²) < 4.78 is 30.2. The van der Waals surface area contributed by atoms with Gasteiger partial charge in [-0.05, 0) is 36.8 Å². The van der Waals surface area contributed by atoms with E-state index in [2.05, 4.69) is 0 Å². The predicted octanol–water partition coefficient (Wildman–Crippen LogP) is 5.33. The maximum absolute atomic E-state index is 13.9. The van der Waals surface area contributed by atoms with E-state index in [4.69, 9.17) is 23.7 Å². The lowest BCUT2D eigenvalue weighted by Gasteiger charge is -2.14. The molecule has 0 radical (unpaired) electrons. The van der Waals surface area contributed by atoms with Crippen molar-refractivity contribution in [2.75, 3.05) is 28.4 Å². The Morgan fingerprint density at radius 1 is 0.800 bits per heavy atom. The second-order valence-electron chi connectivity index (χ2n) is 8.03. The summed E-state index contributed by atoms with van der Waals surface area (Å²) in [5.74, 6) is 2.38. The van der Waals surface area contributed by atoms with E-state index >= 15 is 0 Å². The first-order chi connectivity index (χ1) is 16.9. The second kappa shape index (κ2) is 10.0. The van der Waals surface area contributed by atoms with Gasteiger partial charge in [-0.3, -0.25) is 4.79 Å². The van der Waals surface area contributed by atoms with E-state index < -0.39 is 0 Å². The highest BCUT2D eigenvalue weighted by Crippen LogP contribution is 2.46. The monoisotopic (exact) mass is 475 g/mol. The first-order valence-corrected chi connectivity index (χ1v) is 11.1. The molecular formula is C28H29NO6. The first kappa shape index (κ1) is 24.0. The minimum absolute atomic E-state index is 0.144. The summed E-state index contributed by atoms with van der Waals surface area (Å²) in [6.07, 6.45) is 0. The lowest BCUT2D eigenvalue weighted by molar-refractivity contribution is 0.103. The van der Waals surface area contributed by atoms with Crippen LogP contribution >= 0.6 is 0 Å². The van der Waals surface area contributed by atoms with Crippen LogP contribution in [0.15, 0.2) is 54.6 Å². The molecule has 0 aliphatic carbocycles. The van der Waals surface area contributed by atoms with Gasteiger partial charge >= 0.3 is 0 Å². The van der Waals surface area contributed by atoms with E-state index in [9.17, 15) is 4.79 Å². The number of carbonyl (C=O) groups is 1. The maximum atomic E-state index is 13.9. The highest BCUT2D eigenvalue weighted by Gasteiger charge is 2.27. The van der Waals surface area contributed by atoms with Gasteiger partial charge in [0.2, 0.25) is 5.75 Å². The molecule has 0 unspecified atom stereocenters. The Hall–Kier alpha value is -4.13. The molecule has 0 spiro atoms. The lowest BCUT2D eigenvalue weighted by Crippen LogP contribution is -2.05. The number of methoxy groups -OCH3 is 4.